The Morgan fingerprint density at radius 2 is 2.21 bits per heavy atom. The van der Waals surface area contributed by atoms with E-state index in [1.165, 1.54) is 12.1 Å². The summed E-state index contributed by atoms with van der Waals surface area (Å²) in [5, 5.41) is 0. The highest BCUT2D eigenvalue weighted by Crippen LogP contribution is 2.28. The zero-order valence-corrected chi connectivity index (χ0v) is 10.9. The molecule has 0 radical (unpaired) electrons. The molecular formula is C15H17F2NO. The Morgan fingerprint density at radius 3 is 2.79 bits per heavy atom. The third-order valence-electron chi connectivity index (χ3n) is 3.40. The van der Waals surface area contributed by atoms with Gasteiger partial charge in [0.1, 0.15) is 0 Å². The molecule has 0 bridgehead atoms. The topological polar surface area (TPSA) is 20.3 Å². The summed E-state index contributed by atoms with van der Waals surface area (Å²) < 4.78 is 26.4. The Kier molecular flexibility index (Phi) is 3.69. The van der Waals surface area contributed by atoms with Gasteiger partial charge in [0.2, 0.25) is 5.91 Å². The van der Waals surface area contributed by atoms with Crippen LogP contribution >= 0.6 is 0 Å². The molecule has 1 fully saturated rings. The van der Waals surface area contributed by atoms with Crippen LogP contribution in [-0.2, 0) is 17.1 Å². The van der Waals surface area contributed by atoms with E-state index in [1.807, 2.05) is 6.07 Å². The first-order valence-electron chi connectivity index (χ1n) is 6.28. The van der Waals surface area contributed by atoms with Gasteiger partial charge in [-0.25, -0.2) is 8.78 Å². The van der Waals surface area contributed by atoms with Crippen LogP contribution < -0.4 is 0 Å². The van der Waals surface area contributed by atoms with E-state index in [0.29, 0.717) is 19.0 Å². The van der Waals surface area contributed by atoms with Crippen molar-refractivity contribution >= 4 is 5.91 Å². The quantitative estimate of drug-likeness (QED) is 0.766. The maximum absolute atomic E-state index is 13.2. The van der Waals surface area contributed by atoms with Crippen LogP contribution in [-0.4, -0.2) is 23.9 Å². The molecule has 0 aliphatic carbocycles. The summed E-state index contributed by atoms with van der Waals surface area (Å²) in [6.45, 7) is 5.70. The van der Waals surface area contributed by atoms with Gasteiger partial charge in [-0.1, -0.05) is 24.8 Å². The van der Waals surface area contributed by atoms with Crippen LogP contribution in [0, 0.1) is 5.92 Å². The fourth-order valence-corrected chi connectivity index (χ4v) is 2.31. The monoisotopic (exact) mass is 265 g/mol. The van der Waals surface area contributed by atoms with Gasteiger partial charge in [-0.05, 0) is 30.0 Å². The highest BCUT2D eigenvalue weighted by atomic mass is 19.3. The molecule has 2 rings (SSSR count). The van der Waals surface area contributed by atoms with Crippen LogP contribution in [0.4, 0.5) is 8.78 Å². The molecule has 1 heterocycles. The number of rotatable bonds is 4. The molecule has 0 unspecified atom stereocenters. The molecular weight excluding hydrogens is 248 g/mol. The van der Waals surface area contributed by atoms with Gasteiger partial charge in [0, 0.05) is 25.6 Å². The zero-order chi connectivity index (χ0) is 14.0. The Morgan fingerprint density at radius 1 is 1.53 bits per heavy atom. The molecule has 0 aromatic heterocycles. The fourth-order valence-electron chi connectivity index (χ4n) is 2.31. The highest BCUT2D eigenvalue weighted by molar-refractivity contribution is 5.87. The van der Waals surface area contributed by atoms with Gasteiger partial charge in [0.25, 0.3) is 5.92 Å². The van der Waals surface area contributed by atoms with Gasteiger partial charge in [0.15, 0.2) is 0 Å². The van der Waals surface area contributed by atoms with Crippen molar-refractivity contribution in [2.24, 2.45) is 5.92 Å². The van der Waals surface area contributed by atoms with E-state index in [2.05, 4.69) is 6.58 Å². The summed E-state index contributed by atoms with van der Waals surface area (Å²) in [5.74, 6) is -2.52. The maximum atomic E-state index is 13.2. The molecule has 0 saturated carbocycles. The molecule has 102 valence electrons. The van der Waals surface area contributed by atoms with E-state index in [1.54, 1.807) is 17.0 Å². The standard InChI is InChI=1S/C15H17F2NO/c1-3-14(19)18-9-12(10-18)7-11-5-4-6-13(8-11)15(2,16)17/h3-6,8,12H,1,7,9-10H2,2H3. The van der Waals surface area contributed by atoms with E-state index < -0.39 is 5.92 Å². The van der Waals surface area contributed by atoms with E-state index in [-0.39, 0.29) is 11.5 Å². The lowest BCUT2D eigenvalue weighted by Crippen LogP contribution is -2.50. The van der Waals surface area contributed by atoms with Gasteiger partial charge >= 0.3 is 0 Å². The van der Waals surface area contributed by atoms with Crippen LogP contribution in [0.1, 0.15) is 18.1 Å². The molecule has 1 aromatic carbocycles. The van der Waals surface area contributed by atoms with E-state index >= 15 is 0 Å². The summed E-state index contributed by atoms with van der Waals surface area (Å²) >= 11 is 0. The first-order chi connectivity index (χ1) is 8.90. The normalized spacial score (nSPS) is 16.1. The van der Waals surface area contributed by atoms with Gasteiger partial charge < -0.3 is 4.90 Å². The second-order valence-corrected chi connectivity index (χ2v) is 5.11. The lowest BCUT2D eigenvalue weighted by Gasteiger charge is -2.38. The van der Waals surface area contributed by atoms with Gasteiger partial charge in [-0.3, -0.25) is 4.79 Å². The van der Waals surface area contributed by atoms with E-state index in [9.17, 15) is 13.6 Å². The number of likely N-dealkylation sites (tertiary alicyclic amines) is 1. The number of hydrogen-bond acceptors (Lipinski definition) is 1. The minimum Gasteiger partial charge on any atom is -0.338 e. The molecule has 1 aliphatic rings. The van der Waals surface area contributed by atoms with E-state index in [0.717, 1.165) is 18.9 Å². The molecule has 4 heteroatoms. The van der Waals surface area contributed by atoms with Crippen LogP contribution in [0.25, 0.3) is 0 Å². The van der Waals surface area contributed by atoms with Gasteiger partial charge in [-0.15, -0.1) is 0 Å². The van der Waals surface area contributed by atoms with Gasteiger partial charge in [-0.2, -0.15) is 0 Å². The minimum atomic E-state index is -2.81. The van der Waals surface area contributed by atoms with Crippen molar-refractivity contribution in [3.8, 4) is 0 Å². The summed E-state index contributed by atoms with van der Waals surface area (Å²) in [6, 6.07) is 6.51. The second kappa shape index (κ2) is 5.11. The average molecular weight is 265 g/mol. The first kappa shape index (κ1) is 13.7. The third kappa shape index (κ3) is 3.19. The zero-order valence-electron chi connectivity index (χ0n) is 10.9. The number of benzene rings is 1. The minimum absolute atomic E-state index is 0.0448. The molecule has 1 amide bonds. The maximum Gasteiger partial charge on any atom is 0.270 e. The molecule has 1 aliphatic heterocycles. The predicted molar refractivity (Wildman–Crippen MR) is 70.0 cm³/mol. The number of hydrogen-bond donors (Lipinski definition) is 0. The Hall–Kier alpha value is -1.71. The Balaban J connectivity index is 1.95. The van der Waals surface area contributed by atoms with Crippen molar-refractivity contribution in [1.29, 1.82) is 0 Å². The first-order valence-corrected chi connectivity index (χ1v) is 6.28. The number of halogens is 2. The Bertz CT molecular complexity index is 487. The molecule has 2 nitrogen and oxygen atoms in total. The summed E-state index contributed by atoms with van der Waals surface area (Å²) in [4.78, 5) is 13.0. The molecule has 0 spiro atoms. The van der Waals surface area contributed by atoms with Crippen molar-refractivity contribution in [3.05, 3.63) is 48.0 Å². The number of carbonyl (C=O) groups excluding carboxylic acids is 1. The lowest BCUT2D eigenvalue weighted by molar-refractivity contribution is -0.132. The highest BCUT2D eigenvalue weighted by Gasteiger charge is 2.30. The number of nitrogens with zero attached hydrogens (tertiary/aromatic N) is 1. The lowest BCUT2D eigenvalue weighted by atomic mass is 9.91. The number of amides is 1. The molecule has 1 saturated heterocycles. The van der Waals surface area contributed by atoms with Crippen molar-refractivity contribution < 1.29 is 13.6 Å². The average Bonchev–Trinajstić information content (AvgIpc) is 2.31. The number of carbonyl (C=O) groups is 1. The summed E-state index contributed by atoms with van der Waals surface area (Å²) in [7, 11) is 0. The number of alkyl halides is 2. The van der Waals surface area contributed by atoms with Crippen LogP contribution in [0.3, 0.4) is 0 Å². The molecule has 1 aromatic rings. The van der Waals surface area contributed by atoms with Crippen molar-refractivity contribution in [1.82, 2.24) is 4.90 Å². The fraction of sp³-hybridized carbons (Fsp3) is 0.400. The van der Waals surface area contributed by atoms with Gasteiger partial charge in [0.05, 0.1) is 0 Å². The van der Waals surface area contributed by atoms with Crippen LogP contribution in [0.15, 0.2) is 36.9 Å². The molecule has 0 atom stereocenters. The second-order valence-electron chi connectivity index (χ2n) is 5.11. The van der Waals surface area contributed by atoms with Crippen molar-refractivity contribution in [3.63, 3.8) is 0 Å². The summed E-state index contributed by atoms with van der Waals surface area (Å²) in [5.41, 5.74) is 0.943. The third-order valence-corrected chi connectivity index (χ3v) is 3.40. The molecule has 19 heavy (non-hydrogen) atoms. The van der Waals surface area contributed by atoms with Crippen molar-refractivity contribution in [2.45, 2.75) is 19.3 Å². The smallest absolute Gasteiger partial charge is 0.270 e. The Labute approximate surface area is 111 Å². The summed E-state index contributed by atoms with van der Waals surface area (Å²) in [6.07, 6.45) is 2.03. The largest absolute Gasteiger partial charge is 0.338 e. The predicted octanol–water partition coefficient (Wildman–Crippen LogP) is 2.99. The SMILES string of the molecule is C=CC(=O)N1CC(Cc2cccc(C(C)(F)F)c2)C1. The molecule has 0 N–H and O–H groups in total. The van der Waals surface area contributed by atoms with Crippen molar-refractivity contribution in [2.75, 3.05) is 13.1 Å². The van der Waals surface area contributed by atoms with Crippen LogP contribution in [0.5, 0.6) is 0 Å². The van der Waals surface area contributed by atoms with Crippen LogP contribution in [0.2, 0.25) is 0 Å². The van der Waals surface area contributed by atoms with E-state index in [4.69, 9.17) is 0 Å².